The summed E-state index contributed by atoms with van der Waals surface area (Å²) in [5.41, 5.74) is -1.39. The molecule has 0 aromatic carbocycles. The van der Waals surface area contributed by atoms with Crippen molar-refractivity contribution in [1.82, 2.24) is 4.31 Å². The molecule has 5 aliphatic carbocycles. The lowest BCUT2D eigenvalue weighted by Crippen LogP contribution is -2.60. The van der Waals surface area contributed by atoms with Gasteiger partial charge in [-0.25, -0.2) is 8.42 Å². The van der Waals surface area contributed by atoms with E-state index in [1.807, 2.05) is 0 Å². The summed E-state index contributed by atoms with van der Waals surface area (Å²) in [6, 6.07) is 0. The summed E-state index contributed by atoms with van der Waals surface area (Å²) in [4.78, 5) is 12.1. The van der Waals surface area contributed by atoms with Crippen LogP contribution in [0.15, 0.2) is 0 Å². The first-order valence-corrected chi connectivity index (χ1v) is 20.4. The molecule has 2 unspecified atom stereocenters. The third-order valence-corrected chi connectivity index (χ3v) is 17.1. The number of carbonyl (C=O) groups excluding carboxylic acids is 1. The largest absolute Gasteiger partial charge is 0.457 e. The highest BCUT2D eigenvalue weighted by Crippen LogP contribution is 2.89. The predicted octanol–water partition coefficient (Wildman–Crippen LogP) is 4.51. The zero-order valence-corrected chi connectivity index (χ0v) is 31.5. The first-order valence-electron chi connectivity index (χ1n) is 18.6. The molecule has 2 heterocycles. The number of fused-ring (bicyclic) bond motifs is 4. The van der Waals surface area contributed by atoms with Gasteiger partial charge >= 0.3 is 5.97 Å². The highest BCUT2D eigenvalue weighted by atomic mass is 32.2. The Morgan fingerprint density at radius 2 is 1.71 bits per heavy atom. The SMILES string of the molecule is CC(=O)O[C@@H]([C@H]1CC(C)C2[C@H](O1)[C@H](O)[C@@]1(C)[C@@H]3CC[C@H]4C(C)(C)[C@@H](O[C@H]5CN(S(C)(=O)=O)CCO5)CC[C@@]45C[C@@]35CC[C@]21C)C(C)(C)O. The summed E-state index contributed by atoms with van der Waals surface area (Å²) in [6.45, 7) is 17.4. The van der Waals surface area contributed by atoms with Crippen molar-refractivity contribution in [3.05, 3.63) is 0 Å². The lowest BCUT2D eigenvalue weighted by Gasteiger charge is -2.64. The van der Waals surface area contributed by atoms with Crippen LogP contribution in [0, 0.1) is 50.7 Å². The monoisotopic (exact) mass is 695 g/mol. The van der Waals surface area contributed by atoms with Gasteiger partial charge < -0.3 is 29.2 Å². The minimum atomic E-state index is -3.30. The van der Waals surface area contributed by atoms with Gasteiger partial charge in [0.05, 0.1) is 49.4 Å². The summed E-state index contributed by atoms with van der Waals surface area (Å²) >= 11 is 0. The lowest BCUT2D eigenvalue weighted by molar-refractivity contribution is -0.243. The molecule has 5 saturated carbocycles. The Morgan fingerprint density at radius 3 is 2.35 bits per heavy atom. The van der Waals surface area contributed by atoms with E-state index in [-0.39, 0.29) is 57.7 Å². The maximum absolute atomic E-state index is 12.5. The highest BCUT2D eigenvalue weighted by molar-refractivity contribution is 7.88. The number of ether oxygens (including phenoxy) is 4. The molecule has 14 atom stereocenters. The van der Waals surface area contributed by atoms with Crippen LogP contribution in [-0.2, 0) is 33.8 Å². The van der Waals surface area contributed by atoms with Crippen molar-refractivity contribution in [2.45, 2.75) is 149 Å². The Morgan fingerprint density at radius 1 is 1.04 bits per heavy atom. The molecule has 11 heteroatoms. The number of morpholine rings is 1. The summed E-state index contributed by atoms with van der Waals surface area (Å²) in [5.74, 6) is 0.844. The van der Waals surface area contributed by atoms with E-state index in [1.165, 1.54) is 30.3 Å². The van der Waals surface area contributed by atoms with Crippen molar-refractivity contribution in [2.75, 3.05) is 26.0 Å². The second-order valence-electron chi connectivity index (χ2n) is 18.8. The van der Waals surface area contributed by atoms with Gasteiger partial charge in [-0.1, -0.05) is 34.6 Å². The molecule has 2 aliphatic heterocycles. The highest BCUT2D eigenvalue weighted by Gasteiger charge is 2.84. The molecule has 2 N–H and O–H groups in total. The van der Waals surface area contributed by atoms with Crippen molar-refractivity contribution in [1.29, 1.82) is 0 Å². The van der Waals surface area contributed by atoms with Gasteiger partial charge in [-0.2, -0.15) is 4.31 Å². The fourth-order valence-electron chi connectivity index (χ4n) is 13.8. The molecule has 7 aliphatic rings. The van der Waals surface area contributed by atoms with Crippen LogP contribution < -0.4 is 0 Å². The molecule has 0 bridgehead atoms. The first-order chi connectivity index (χ1) is 22.1. The van der Waals surface area contributed by atoms with Crippen LogP contribution in [0.5, 0.6) is 0 Å². The molecule has 48 heavy (non-hydrogen) atoms. The Bertz CT molecular complexity index is 1410. The number of aliphatic hydroxyl groups is 2. The van der Waals surface area contributed by atoms with Crippen LogP contribution in [0.25, 0.3) is 0 Å². The van der Waals surface area contributed by atoms with Crippen LogP contribution in [0.4, 0.5) is 0 Å². The van der Waals surface area contributed by atoms with Crippen molar-refractivity contribution >= 4 is 16.0 Å². The average Bonchev–Trinajstić information content (AvgIpc) is 3.61. The Labute approximate surface area is 288 Å². The third-order valence-electron chi connectivity index (χ3n) is 15.9. The van der Waals surface area contributed by atoms with E-state index in [0.717, 1.165) is 32.1 Å². The van der Waals surface area contributed by atoms with Gasteiger partial charge in [-0.05, 0) is 111 Å². The van der Waals surface area contributed by atoms with Crippen molar-refractivity contribution in [3.63, 3.8) is 0 Å². The van der Waals surface area contributed by atoms with Crippen LogP contribution in [-0.4, -0.2) is 97.3 Å². The number of rotatable bonds is 6. The van der Waals surface area contributed by atoms with Crippen molar-refractivity contribution in [2.24, 2.45) is 50.7 Å². The fraction of sp³-hybridized carbons (Fsp3) is 0.973. The van der Waals surface area contributed by atoms with Crippen LogP contribution in [0.3, 0.4) is 0 Å². The van der Waals surface area contributed by atoms with E-state index >= 15 is 0 Å². The molecule has 0 amide bonds. The minimum absolute atomic E-state index is 0.0108. The summed E-state index contributed by atoms with van der Waals surface area (Å²) in [5, 5.41) is 23.6. The second kappa shape index (κ2) is 11.1. The maximum atomic E-state index is 12.5. The first kappa shape index (κ1) is 35.6. The minimum Gasteiger partial charge on any atom is -0.457 e. The fourth-order valence-corrected chi connectivity index (χ4v) is 14.6. The normalized spacial score (nSPS) is 50.6. The molecular formula is C37H61NO9S. The van der Waals surface area contributed by atoms with Gasteiger partial charge in [0, 0.05) is 18.9 Å². The molecule has 10 nitrogen and oxygen atoms in total. The molecule has 2 saturated heterocycles. The number of sulfonamides is 1. The number of hydrogen-bond donors (Lipinski definition) is 2. The summed E-state index contributed by atoms with van der Waals surface area (Å²) in [7, 11) is -3.30. The third kappa shape index (κ3) is 4.83. The summed E-state index contributed by atoms with van der Waals surface area (Å²) < 4.78 is 51.1. The zero-order valence-electron chi connectivity index (χ0n) is 30.7. The number of carbonyl (C=O) groups is 1. The van der Waals surface area contributed by atoms with Gasteiger partial charge in [-0.3, -0.25) is 4.79 Å². The van der Waals surface area contributed by atoms with Gasteiger partial charge in [-0.15, -0.1) is 0 Å². The topological polar surface area (TPSA) is 132 Å². The van der Waals surface area contributed by atoms with E-state index in [2.05, 4.69) is 34.6 Å². The van der Waals surface area contributed by atoms with E-state index in [1.54, 1.807) is 13.8 Å². The van der Waals surface area contributed by atoms with Gasteiger partial charge in [0.1, 0.15) is 0 Å². The van der Waals surface area contributed by atoms with E-state index < -0.39 is 46.2 Å². The van der Waals surface area contributed by atoms with Crippen molar-refractivity contribution in [3.8, 4) is 0 Å². The number of esters is 1. The molecule has 0 radical (unpaired) electrons. The average molecular weight is 696 g/mol. The molecule has 0 aromatic heterocycles. The predicted molar refractivity (Wildman–Crippen MR) is 179 cm³/mol. The zero-order chi connectivity index (χ0) is 35.0. The maximum Gasteiger partial charge on any atom is 0.303 e. The number of nitrogens with zero attached hydrogens (tertiary/aromatic N) is 1. The van der Waals surface area contributed by atoms with Crippen molar-refractivity contribution < 1.29 is 42.4 Å². The molecule has 2 spiro atoms. The van der Waals surface area contributed by atoms with Crippen LogP contribution in [0.1, 0.15) is 107 Å². The molecule has 0 aromatic rings. The lowest BCUT2D eigenvalue weighted by atomic mass is 9.41. The molecular weight excluding hydrogens is 634 g/mol. The second-order valence-corrected chi connectivity index (χ2v) is 20.8. The summed E-state index contributed by atoms with van der Waals surface area (Å²) in [6.07, 6.45) is 6.62. The Balaban J connectivity index is 1.13. The van der Waals surface area contributed by atoms with E-state index in [9.17, 15) is 23.4 Å². The van der Waals surface area contributed by atoms with E-state index in [4.69, 9.17) is 18.9 Å². The van der Waals surface area contributed by atoms with Crippen LogP contribution >= 0.6 is 0 Å². The van der Waals surface area contributed by atoms with Crippen LogP contribution in [0.2, 0.25) is 0 Å². The van der Waals surface area contributed by atoms with Gasteiger partial charge in [0.25, 0.3) is 0 Å². The van der Waals surface area contributed by atoms with Gasteiger partial charge in [0.2, 0.25) is 10.0 Å². The molecule has 7 rings (SSSR count). The van der Waals surface area contributed by atoms with E-state index in [0.29, 0.717) is 31.4 Å². The molecule has 274 valence electrons. The quantitative estimate of drug-likeness (QED) is 0.386. The van der Waals surface area contributed by atoms with Gasteiger partial charge in [0.15, 0.2) is 12.4 Å². The molecule has 7 fully saturated rings. The number of aliphatic hydroxyl groups excluding tert-OH is 1. The standard InChI is InChI=1S/C37H61NO9S/c1-21-18-23(31(33(5,6)41)45-22(2)39)46-29-28(21)34(7)14-15-37-20-36(37)13-12-26(47-27-19-38(16-17-44-27)48(9,42)43)32(3,4)24(36)10-11-25(37)35(34,8)30(29)40/h21,23-31,40-41H,10-20H2,1-9H3/t21?,23-,24+,25+,26+,27+,28?,29+,30+,31+,34-,35-,36-,37+/m1/s1. The smallest absolute Gasteiger partial charge is 0.303 e. The Hall–Kier alpha value is -0.820. The Kier molecular flexibility index (Phi) is 8.22. The number of hydrogen-bond acceptors (Lipinski definition) is 9.